The topological polar surface area (TPSA) is 73.6 Å². The summed E-state index contributed by atoms with van der Waals surface area (Å²) in [7, 11) is 0. The monoisotopic (exact) mass is 252 g/mol. The van der Waals surface area contributed by atoms with Crippen molar-refractivity contribution in [1.29, 1.82) is 0 Å². The number of rotatable bonds is 4. The standard InChI is InChI=1S/C11H13ClN4O/c1-2-3-8-5-10(16-15-8)14-11(17)9-4-7(12)6-13-9/h4-6,13H,2-3H2,1H3,(H2,14,15,16,17). The summed E-state index contributed by atoms with van der Waals surface area (Å²) in [6, 6.07) is 3.39. The third kappa shape index (κ3) is 2.88. The molecule has 2 rings (SSSR count). The first-order chi connectivity index (χ1) is 8.19. The lowest BCUT2D eigenvalue weighted by molar-refractivity contribution is 0.102. The molecule has 2 aromatic heterocycles. The van der Waals surface area contributed by atoms with E-state index in [1.807, 2.05) is 6.07 Å². The molecule has 6 heteroatoms. The minimum atomic E-state index is -0.258. The van der Waals surface area contributed by atoms with E-state index in [9.17, 15) is 4.79 Å². The molecule has 2 heterocycles. The number of amides is 1. The van der Waals surface area contributed by atoms with Crippen molar-refractivity contribution in [3.63, 3.8) is 0 Å². The molecule has 0 radical (unpaired) electrons. The Morgan fingerprint density at radius 3 is 3.00 bits per heavy atom. The van der Waals surface area contributed by atoms with Gasteiger partial charge in [-0.2, -0.15) is 5.10 Å². The number of halogens is 1. The molecule has 0 aliphatic heterocycles. The van der Waals surface area contributed by atoms with Crippen LogP contribution in [0.15, 0.2) is 18.3 Å². The van der Waals surface area contributed by atoms with Gasteiger partial charge in [0.25, 0.3) is 5.91 Å². The quantitative estimate of drug-likeness (QED) is 0.783. The number of nitrogens with zero attached hydrogens (tertiary/aromatic N) is 1. The van der Waals surface area contributed by atoms with Gasteiger partial charge in [0.05, 0.1) is 5.02 Å². The molecular weight excluding hydrogens is 240 g/mol. The molecule has 0 saturated carbocycles. The fraction of sp³-hybridized carbons (Fsp3) is 0.273. The number of aromatic nitrogens is 3. The smallest absolute Gasteiger partial charge is 0.273 e. The van der Waals surface area contributed by atoms with E-state index in [1.54, 1.807) is 12.3 Å². The van der Waals surface area contributed by atoms with Crippen molar-refractivity contribution in [2.24, 2.45) is 0 Å². The Bertz CT molecular complexity index is 517. The zero-order chi connectivity index (χ0) is 12.3. The largest absolute Gasteiger partial charge is 0.356 e. The van der Waals surface area contributed by atoms with Crippen molar-refractivity contribution in [3.8, 4) is 0 Å². The van der Waals surface area contributed by atoms with Crippen LogP contribution in [0.3, 0.4) is 0 Å². The molecular formula is C11H13ClN4O. The van der Waals surface area contributed by atoms with Gasteiger partial charge in [-0.05, 0) is 12.5 Å². The van der Waals surface area contributed by atoms with Gasteiger partial charge in [-0.1, -0.05) is 24.9 Å². The van der Waals surface area contributed by atoms with Gasteiger partial charge >= 0.3 is 0 Å². The second-order valence-corrected chi connectivity index (χ2v) is 4.15. The number of carbonyl (C=O) groups is 1. The highest BCUT2D eigenvalue weighted by atomic mass is 35.5. The summed E-state index contributed by atoms with van der Waals surface area (Å²) in [5, 5.41) is 10.1. The maximum atomic E-state index is 11.7. The summed E-state index contributed by atoms with van der Waals surface area (Å²) in [6.45, 7) is 2.08. The fourth-order valence-corrected chi connectivity index (χ4v) is 1.67. The van der Waals surface area contributed by atoms with Crippen LogP contribution in [0.4, 0.5) is 5.82 Å². The zero-order valence-electron chi connectivity index (χ0n) is 9.38. The van der Waals surface area contributed by atoms with E-state index in [2.05, 4.69) is 27.4 Å². The lowest BCUT2D eigenvalue weighted by atomic mass is 10.2. The number of nitrogens with one attached hydrogen (secondary N) is 3. The van der Waals surface area contributed by atoms with Crippen LogP contribution in [0, 0.1) is 0 Å². The molecule has 0 unspecified atom stereocenters. The van der Waals surface area contributed by atoms with Crippen molar-refractivity contribution < 1.29 is 4.79 Å². The fourth-order valence-electron chi connectivity index (χ4n) is 1.51. The summed E-state index contributed by atoms with van der Waals surface area (Å²) >= 11 is 5.72. The maximum Gasteiger partial charge on any atom is 0.273 e. The Hall–Kier alpha value is -1.75. The van der Waals surface area contributed by atoms with Gasteiger partial charge in [0.2, 0.25) is 0 Å². The summed E-state index contributed by atoms with van der Waals surface area (Å²) in [6.07, 6.45) is 3.50. The van der Waals surface area contributed by atoms with Crippen LogP contribution < -0.4 is 5.32 Å². The Labute approximate surface area is 104 Å². The summed E-state index contributed by atoms with van der Waals surface area (Å²) in [5.41, 5.74) is 1.42. The van der Waals surface area contributed by atoms with Crippen LogP contribution >= 0.6 is 11.6 Å². The normalized spacial score (nSPS) is 10.5. The molecule has 0 fully saturated rings. The Kier molecular flexibility index (Phi) is 3.49. The lowest BCUT2D eigenvalue weighted by Gasteiger charge is -1.97. The Balaban J connectivity index is 2.02. The third-order valence-electron chi connectivity index (χ3n) is 2.28. The second-order valence-electron chi connectivity index (χ2n) is 3.71. The molecule has 5 nitrogen and oxygen atoms in total. The summed E-state index contributed by atoms with van der Waals surface area (Å²) in [4.78, 5) is 14.5. The number of aromatic amines is 2. The van der Waals surface area contributed by atoms with Crippen LogP contribution in [-0.4, -0.2) is 21.1 Å². The van der Waals surface area contributed by atoms with Crippen molar-refractivity contribution in [2.75, 3.05) is 5.32 Å². The van der Waals surface area contributed by atoms with Crippen LogP contribution in [-0.2, 0) is 6.42 Å². The highest BCUT2D eigenvalue weighted by Gasteiger charge is 2.10. The van der Waals surface area contributed by atoms with Crippen molar-refractivity contribution in [2.45, 2.75) is 19.8 Å². The molecule has 3 N–H and O–H groups in total. The lowest BCUT2D eigenvalue weighted by Crippen LogP contribution is -2.12. The second kappa shape index (κ2) is 5.05. The first kappa shape index (κ1) is 11.7. The Morgan fingerprint density at radius 2 is 2.35 bits per heavy atom. The molecule has 0 saturated heterocycles. The minimum Gasteiger partial charge on any atom is -0.356 e. The van der Waals surface area contributed by atoms with E-state index in [-0.39, 0.29) is 5.91 Å². The van der Waals surface area contributed by atoms with Gasteiger partial charge in [-0.15, -0.1) is 0 Å². The van der Waals surface area contributed by atoms with Crippen LogP contribution in [0.5, 0.6) is 0 Å². The van der Waals surface area contributed by atoms with Gasteiger partial charge in [-0.3, -0.25) is 9.89 Å². The zero-order valence-corrected chi connectivity index (χ0v) is 10.1. The molecule has 2 aromatic rings. The van der Waals surface area contributed by atoms with Gasteiger partial charge in [0, 0.05) is 18.0 Å². The van der Waals surface area contributed by atoms with Crippen LogP contribution in [0.1, 0.15) is 29.5 Å². The number of aryl methyl sites for hydroxylation is 1. The summed E-state index contributed by atoms with van der Waals surface area (Å²) in [5.74, 6) is 0.260. The van der Waals surface area contributed by atoms with Gasteiger partial charge in [0.15, 0.2) is 5.82 Å². The highest BCUT2D eigenvalue weighted by Crippen LogP contribution is 2.12. The van der Waals surface area contributed by atoms with E-state index in [1.165, 1.54) is 0 Å². The predicted octanol–water partition coefficient (Wildman–Crippen LogP) is 2.60. The van der Waals surface area contributed by atoms with Crippen LogP contribution in [0.2, 0.25) is 5.02 Å². The number of H-pyrrole nitrogens is 2. The van der Waals surface area contributed by atoms with Gasteiger partial charge in [0.1, 0.15) is 5.69 Å². The SMILES string of the molecule is CCCc1cc(NC(=O)c2cc(Cl)c[nH]2)n[nH]1. The van der Waals surface area contributed by atoms with E-state index in [4.69, 9.17) is 11.6 Å². The molecule has 0 atom stereocenters. The first-order valence-electron chi connectivity index (χ1n) is 5.38. The minimum absolute atomic E-state index is 0.258. The van der Waals surface area contributed by atoms with Gasteiger partial charge < -0.3 is 10.3 Å². The number of carbonyl (C=O) groups excluding carboxylic acids is 1. The molecule has 1 amide bonds. The van der Waals surface area contributed by atoms with Crippen molar-refractivity contribution in [1.82, 2.24) is 15.2 Å². The maximum absolute atomic E-state index is 11.7. The first-order valence-corrected chi connectivity index (χ1v) is 5.76. The van der Waals surface area contributed by atoms with E-state index >= 15 is 0 Å². The van der Waals surface area contributed by atoms with Crippen molar-refractivity contribution >= 4 is 23.3 Å². The summed E-state index contributed by atoms with van der Waals surface area (Å²) < 4.78 is 0. The molecule has 0 bridgehead atoms. The molecule has 0 aromatic carbocycles. The van der Waals surface area contributed by atoms with Crippen LogP contribution in [0.25, 0.3) is 0 Å². The van der Waals surface area contributed by atoms with E-state index in [0.717, 1.165) is 18.5 Å². The molecule has 17 heavy (non-hydrogen) atoms. The average molecular weight is 253 g/mol. The molecule has 0 aliphatic rings. The van der Waals surface area contributed by atoms with E-state index < -0.39 is 0 Å². The van der Waals surface area contributed by atoms with Crippen molar-refractivity contribution in [3.05, 3.63) is 34.7 Å². The van der Waals surface area contributed by atoms with Gasteiger partial charge in [-0.25, -0.2) is 0 Å². The number of anilines is 1. The third-order valence-corrected chi connectivity index (χ3v) is 2.50. The molecule has 90 valence electrons. The number of hydrogen-bond acceptors (Lipinski definition) is 2. The molecule has 0 spiro atoms. The Morgan fingerprint density at radius 1 is 1.53 bits per heavy atom. The molecule has 0 aliphatic carbocycles. The number of hydrogen-bond donors (Lipinski definition) is 3. The average Bonchev–Trinajstić information content (AvgIpc) is 2.88. The van der Waals surface area contributed by atoms with E-state index in [0.29, 0.717) is 16.5 Å². The highest BCUT2D eigenvalue weighted by molar-refractivity contribution is 6.31. The predicted molar refractivity (Wildman–Crippen MR) is 66.3 cm³/mol.